The minimum Gasteiger partial charge on any atom is -0.486 e. The summed E-state index contributed by atoms with van der Waals surface area (Å²) in [5.74, 6) is 4.03. The van der Waals surface area contributed by atoms with E-state index in [2.05, 4.69) is 31.3 Å². The van der Waals surface area contributed by atoms with Gasteiger partial charge < -0.3 is 14.8 Å². The van der Waals surface area contributed by atoms with E-state index in [4.69, 9.17) is 9.47 Å². The van der Waals surface area contributed by atoms with Crippen molar-refractivity contribution >= 4 is 11.8 Å². The van der Waals surface area contributed by atoms with Gasteiger partial charge in [0.1, 0.15) is 13.2 Å². The number of rotatable bonds is 1. The lowest BCUT2D eigenvalue weighted by Gasteiger charge is -2.37. The molecule has 1 fully saturated rings. The molecular weight excluding hydrogens is 246 g/mol. The SMILES string of the molecule is CC1(C)CSCC(c2ccc3c(c2)OCCO3)N1. The van der Waals surface area contributed by atoms with E-state index in [9.17, 15) is 0 Å². The third-order valence-corrected chi connectivity index (χ3v) is 4.78. The summed E-state index contributed by atoms with van der Waals surface area (Å²) in [4.78, 5) is 0. The van der Waals surface area contributed by atoms with E-state index in [0.717, 1.165) is 23.0 Å². The molecule has 1 N–H and O–H groups in total. The van der Waals surface area contributed by atoms with Gasteiger partial charge in [0.15, 0.2) is 11.5 Å². The first kappa shape index (κ1) is 12.2. The molecule has 3 nitrogen and oxygen atoms in total. The van der Waals surface area contributed by atoms with Crippen LogP contribution in [0.1, 0.15) is 25.5 Å². The van der Waals surface area contributed by atoms with Crippen molar-refractivity contribution in [2.45, 2.75) is 25.4 Å². The van der Waals surface area contributed by atoms with Crippen LogP contribution in [0, 0.1) is 0 Å². The Kier molecular flexibility index (Phi) is 3.16. The Hall–Kier alpha value is -0.870. The predicted octanol–water partition coefficient (Wildman–Crippen LogP) is 2.61. The van der Waals surface area contributed by atoms with Crippen molar-refractivity contribution in [1.29, 1.82) is 0 Å². The molecule has 1 aromatic carbocycles. The van der Waals surface area contributed by atoms with Crippen molar-refractivity contribution in [2.24, 2.45) is 0 Å². The number of thioether (sulfide) groups is 1. The molecule has 0 spiro atoms. The van der Waals surface area contributed by atoms with Gasteiger partial charge in [0.25, 0.3) is 0 Å². The van der Waals surface area contributed by atoms with E-state index in [-0.39, 0.29) is 5.54 Å². The second-order valence-electron chi connectivity index (χ2n) is 5.50. The molecule has 1 unspecified atom stereocenters. The Morgan fingerprint density at radius 1 is 1.22 bits per heavy atom. The highest BCUT2D eigenvalue weighted by molar-refractivity contribution is 7.99. The van der Waals surface area contributed by atoms with E-state index >= 15 is 0 Å². The minimum absolute atomic E-state index is 0.195. The summed E-state index contributed by atoms with van der Waals surface area (Å²) in [6.07, 6.45) is 0. The predicted molar refractivity (Wildman–Crippen MR) is 74.7 cm³/mol. The normalized spacial score (nSPS) is 25.8. The lowest BCUT2D eigenvalue weighted by atomic mass is 10.0. The molecule has 2 aliphatic heterocycles. The van der Waals surface area contributed by atoms with Crippen LogP contribution in [0.5, 0.6) is 11.5 Å². The van der Waals surface area contributed by atoms with Crippen molar-refractivity contribution < 1.29 is 9.47 Å². The van der Waals surface area contributed by atoms with Gasteiger partial charge in [-0.1, -0.05) is 6.07 Å². The highest BCUT2D eigenvalue weighted by Gasteiger charge is 2.28. The summed E-state index contributed by atoms with van der Waals surface area (Å²) in [5, 5.41) is 3.70. The zero-order valence-electron chi connectivity index (χ0n) is 10.9. The van der Waals surface area contributed by atoms with Crippen molar-refractivity contribution in [3.8, 4) is 11.5 Å². The minimum atomic E-state index is 0.195. The molecule has 2 heterocycles. The second-order valence-corrected chi connectivity index (χ2v) is 6.53. The third kappa shape index (κ3) is 2.45. The van der Waals surface area contributed by atoms with Gasteiger partial charge >= 0.3 is 0 Å². The highest BCUT2D eigenvalue weighted by atomic mass is 32.2. The molecule has 0 amide bonds. The summed E-state index contributed by atoms with van der Waals surface area (Å²) in [6, 6.07) is 6.69. The summed E-state index contributed by atoms with van der Waals surface area (Å²) in [5.41, 5.74) is 1.49. The van der Waals surface area contributed by atoms with Crippen molar-refractivity contribution in [2.75, 3.05) is 24.7 Å². The number of nitrogens with one attached hydrogen (secondary N) is 1. The maximum Gasteiger partial charge on any atom is 0.161 e. The molecule has 4 heteroatoms. The standard InChI is InChI=1S/C14H19NO2S/c1-14(2)9-18-8-11(15-14)10-3-4-12-13(7-10)17-6-5-16-12/h3-4,7,11,15H,5-6,8-9H2,1-2H3. The van der Waals surface area contributed by atoms with Crippen LogP contribution in [0.15, 0.2) is 18.2 Å². The van der Waals surface area contributed by atoms with E-state index in [1.165, 1.54) is 5.56 Å². The number of fused-ring (bicyclic) bond motifs is 1. The van der Waals surface area contributed by atoms with Crippen molar-refractivity contribution in [1.82, 2.24) is 5.32 Å². The van der Waals surface area contributed by atoms with Crippen LogP contribution in [0.3, 0.4) is 0 Å². The number of hydrogen-bond acceptors (Lipinski definition) is 4. The Morgan fingerprint density at radius 3 is 2.78 bits per heavy atom. The van der Waals surface area contributed by atoms with Gasteiger partial charge in [-0.05, 0) is 31.5 Å². The monoisotopic (exact) mass is 265 g/mol. The van der Waals surface area contributed by atoms with Gasteiger partial charge in [0.2, 0.25) is 0 Å². The molecule has 18 heavy (non-hydrogen) atoms. The number of hydrogen-bond donors (Lipinski definition) is 1. The molecule has 98 valence electrons. The fourth-order valence-corrected chi connectivity index (χ4v) is 3.67. The second kappa shape index (κ2) is 4.67. The molecule has 1 aromatic rings. The van der Waals surface area contributed by atoms with E-state index in [1.807, 2.05) is 17.8 Å². The quantitative estimate of drug-likeness (QED) is 0.845. The van der Waals surface area contributed by atoms with Gasteiger partial charge in [-0.2, -0.15) is 11.8 Å². The molecule has 0 saturated carbocycles. The van der Waals surface area contributed by atoms with Crippen molar-refractivity contribution in [3.05, 3.63) is 23.8 Å². The number of benzene rings is 1. The molecule has 0 radical (unpaired) electrons. The first-order valence-corrected chi connectivity index (χ1v) is 7.54. The number of ether oxygens (including phenoxy) is 2. The lowest BCUT2D eigenvalue weighted by molar-refractivity contribution is 0.171. The van der Waals surface area contributed by atoms with E-state index in [0.29, 0.717) is 19.3 Å². The Bertz CT molecular complexity index is 447. The van der Waals surface area contributed by atoms with Gasteiger partial charge in [-0.25, -0.2) is 0 Å². The summed E-state index contributed by atoms with van der Waals surface area (Å²) >= 11 is 2.01. The van der Waals surface area contributed by atoms with Crippen LogP contribution in [0.25, 0.3) is 0 Å². The molecule has 0 bridgehead atoms. The molecule has 3 rings (SSSR count). The van der Waals surface area contributed by atoms with Crippen LogP contribution < -0.4 is 14.8 Å². The zero-order valence-corrected chi connectivity index (χ0v) is 11.7. The first-order chi connectivity index (χ1) is 8.64. The van der Waals surface area contributed by atoms with Crippen molar-refractivity contribution in [3.63, 3.8) is 0 Å². The summed E-state index contributed by atoms with van der Waals surface area (Å²) < 4.78 is 11.2. The molecule has 1 saturated heterocycles. The van der Waals surface area contributed by atoms with Gasteiger partial charge in [-0.3, -0.25) is 0 Å². The van der Waals surface area contributed by atoms with Crippen LogP contribution >= 0.6 is 11.8 Å². The van der Waals surface area contributed by atoms with Crippen LogP contribution in [-0.4, -0.2) is 30.3 Å². The first-order valence-electron chi connectivity index (χ1n) is 6.39. The van der Waals surface area contributed by atoms with Gasteiger partial charge in [0, 0.05) is 23.1 Å². The van der Waals surface area contributed by atoms with Crippen LogP contribution in [0.4, 0.5) is 0 Å². The smallest absolute Gasteiger partial charge is 0.161 e. The Morgan fingerprint density at radius 2 is 2.00 bits per heavy atom. The molecule has 0 aromatic heterocycles. The van der Waals surface area contributed by atoms with E-state index in [1.54, 1.807) is 0 Å². The van der Waals surface area contributed by atoms with Gasteiger partial charge in [-0.15, -0.1) is 0 Å². The summed E-state index contributed by atoms with van der Waals surface area (Å²) in [6.45, 7) is 5.81. The topological polar surface area (TPSA) is 30.5 Å². The van der Waals surface area contributed by atoms with E-state index < -0.39 is 0 Å². The third-order valence-electron chi connectivity index (χ3n) is 3.28. The van der Waals surface area contributed by atoms with Crippen LogP contribution in [0.2, 0.25) is 0 Å². The highest BCUT2D eigenvalue weighted by Crippen LogP contribution is 2.35. The average Bonchev–Trinajstić information content (AvgIpc) is 2.37. The Balaban J connectivity index is 1.83. The molecule has 1 atom stereocenters. The lowest BCUT2D eigenvalue weighted by Crippen LogP contribution is -2.48. The maximum absolute atomic E-state index is 5.65. The van der Waals surface area contributed by atoms with Gasteiger partial charge in [0.05, 0.1) is 0 Å². The molecule has 0 aliphatic carbocycles. The fourth-order valence-electron chi connectivity index (χ4n) is 2.44. The van der Waals surface area contributed by atoms with Crippen LogP contribution in [-0.2, 0) is 0 Å². The zero-order chi connectivity index (χ0) is 12.6. The molecule has 2 aliphatic rings. The largest absolute Gasteiger partial charge is 0.486 e. The molecular formula is C14H19NO2S. The Labute approximate surface area is 112 Å². The maximum atomic E-state index is 5.65. The fraction of sp³-hybridized carbons (Fsp3) is 0.571. The summed E-state index contributed by atoms with van der Waals surface area (Å²) in [7, 11) is 0. The average molecular weight is 265 g/mol.